The van der Waals surface area contributed by atoms with E-state index in [9.17, 15) is 35.5 Å². The van der Waals surface area contributed by atoms with Gasteiger partial charge in [-0.05, 0) is 35.9 Å². The second-order valence-electron chi connectivity index (χ2n) is 6.91. The van der Waals surface area contributed by atoms with E-state index in [-0.39, 0.29) is 17.7 Å². The molecule has 3 aromatic rings. The van der Waals surface area contributed by atoms with E-state index in [0.29, 0.717) is 12.1 Å². The van der Waals surface area contributed by atoms with Crippen molar-refractivity contribution in [2.24, 2.45) is 0 Å². The Morgan fingerprint density at radius 2 is 1.55 bits per heavy atom. The number of rotatable bonds is 5. The summed E-state index contributed by atoms with van der Waals surface area (Å²) in [6.45, 7) is -0.271. The number of nitrogens with zero attached hydrogens (tertiary/aromatic N) is 1. The van der Waals surface area contributed by atoms with Crippen molar-refractivity contribution in [1.82, 2.24) is 15.6 Å². The summed E-state index contributed by atoms with van der Waals surface area (Å²) in [6, 6.07) is 8.15. The fourth-order valence-electron chi connectivity index (χ4n) is 3.06. The minimum atomic E-state index is -4.83. The van der Waals surface area contributed by atoms with Crippen LogP contribution < -0.4 is 10.6 Å². The lowest BCUT2D eigenvalue weighted by Gasteiger charge is -2.23. The molecular formula is C22H16F7N3O. The molecule has 2 N–H and O–H groups in total. The molecule has 0 bridgehead atoms. The highest BCUT2D eigenvalue weighted by atomic mass is 19.4. The van der Waals surface area contributed by atoms with Gasteiger partial charge in [-0.15, -0.1) is 0 Å². The van der Waals surface area contributed by atoms with Crippen molar-refractivity contribution in [1.29, 1.82) is 0 Å². The number of benzene rings is 2. The van der Waals surface area contributed by atoms with E-state index in [1.165, 1.54) is 24.3 Å². The lowest BCUT2D eigenvalue weighted by atomic mass is 9.98. The van der Waals surface area contributed by atoms with E-state index >= 15 is 0 Å². The first-order valence-electron chi connectivity index (χ1n) is 9.44. The smallest absolute Gasteiger partial charge is 0.334 e. The number of pyridine rings is 1. The molecule has 11 heteroatoms. The van der Waals surface area contributed by atoms with Crippen molar-refractivity contribution in [3.63, 3.8) is 0 Å². The molecule has 0 fully saturated rings. The fraction of sp³-hybridized carbons (Fsp3) is 0.182. The topological polar surface area (TPSA) is 54.0 Å². The van der Waals surface area contributed by atoms with Gasteiger partial charge in [-0.25, -0.2) is 9.18 Å². The number of hydrogen-bond acceptors (Lipinski definition) is 2. The van der Waals surface area contributed by atoms with E-state index in [1.807, 2.05) is 0 Å². The molecule has 3 rings (SSSR count). The highest BCUT2D eigenvalue weighted by molar-refractivity contribution is 5.75. The molecule has 0 radical (unpaired) electrons. The zero-order valence-electron chi connectivity index (χ0n) is 16.6. The summed E-state index contributed by atoms with van der Waals surface area (Å²) in [5, 5.41) is 4.62. The zero-order chi connectivity index (χ0) is 24.2. The molecule has 0 aliphatic rings. The first kappa shape index (κ1) is 24.0. The Bertz CT molecular complexity index is 1110. The van der Waals surface area contributed by atoms with Gasteiger partial charge >= 0.3 is 18.4 Å². The third kappa shape index (κ3) is 5.99. The van der Waals surface area contributed by atoms with Gasteiger partial charge in [0.25, 0.3) is 0 Å². The Kier molecular flexibility index (Phi) is 6.89. The average molecular weight is 471 g/mol. The third-order valence-corrected chi connectivity index (χ3v) is 4.66. The van der Waals surface area contributed by atoms with Crippen LogP contribution in [0.1, 0.15) is 34.0 Å². The van der Waals surface area contributed by atoms with Gasteiger partial charge in [0.15, 0.2) is 0 Å². The van der Waals surface area contributed by atoms with Crippen LogP contribution in [0, 0.1) is 5.82 Å². The van der Waals surface area contributed by atoms with Crippen LogP contribution in [0.3, 0.4) is 0 Å². The van der Waals surface area contributed by atoms with Gasteiger partial charge in [-0.3, -0.25) is 4.98 Å². The maximum Gasteiger partial charge on any atom is 0.418 e. The van der Waals surface area contributed by atoms with Crippen LogP contribution >= 0.6 is 0 Å². The first-order valence-corrected chi connectivity index (χ1v) is 9.44. The molecule has 0 saturated carbocycles. The van der Waals surface area contributed by atoms with Crippen LogP contribution in [0.2, 0.25) is 0 Å². The summed E-state index contributed by atoms with van der Waals surface area (Å²) in [4.78, 5) is 16.2. The molecule has 1 atom stereocenters. The molecule has 0 aliphatic carbocycles. The highest BCUT2D eigenvalue weighted by Crippen LogP contribution is 2.36. The van der Waals surface area contributed by atoms with Crippen molar-refractivity contribution < 1.29 is 35.5 Å². The van der Waals surface area contributed by atoms with Crippen LogP contribution in [0.4, 0.5) is 35.5 Å². The molecule has 2 aromatic carbocycles. The van der Waals surface area contributed by atoms with E-state index in [0.717, 1.165) is 30.5 Å². The van der Waals surface area contributed by atoms with Crippen molar-refractivity contribution in [2.45, 2.75) is 24.9 Å². The third-order valence-electron chi connectivity index (χ3n) is 4.66. The lowest BCUT2D eigenvalue weighted by Crippen LogP contribution is -2.39. The average Bonchev–Trinajstić information content (AvgIpc) is 2.76. The molecule has 1 heterocycles. The summed E-state index contributed by atoms with van der Waals surface area (Å²) in [5.74, 6) is -0.596. The Morgan fingerprint density at radius 1 is 0.879 bits per heavy atom. The van der Waals surface area contributed by atoms with Crippen molar-refractivity contribution in [3.8, 4) is 0 Å². The number of amides is 2. The van der Waals surface area contributed by atoms with Crippen LogP contribution in [-0.2, 0) is 18.9 Å². The lowest BCUT2D eigenvalue weighted by molar-refractivity contribution is -0.139. The van der Waals surface area contributed by atoms with Crippen molar-refractivity contribution in [3.05, 3.63) is 101 Å². The number of halogens is 7. The molecule has 174 valence electrons. The normalized spacial score (nSPS) is 12.8. The number of alkyl halides is 6. The van der Waals surface area contributed by atoms with Crippen molar-refractivity contribution in [2.75, 3.05) is 0 Å². The van der Waals surface area contributed by atoms with Gasteiger partial charge in [-0.2, -0.15) is 26.3 Å². The first-order chi connectivity index (χ1) is 15.5. The molecule has 0 unspecified atom stereocenters. The number of nitrogens with one attached hydrogen (secondary N) is 2. The number of carbonyl (C=O) groups excluding carboxylic acids is 1. The predicted molar refractivity (Wildman–Crippen MR) is 104 cm³/mol. The number of aromatic nitrogens is 1. The predicted octanol–water partition coefficient (Wildman–Crippen LogP) is 5.85. The minimum Gasteiger partial charge on any atom is -0.334 e. The molecule has 4 nitrogen and oxygen atoms in total. The SMILES string of the molecule is O=C(NCc1ccccc1F)N[C@@H](c1ccc(C(F)(F)F)cc1)c1ncccc1C(F)(F)F. The standard InChI is InChI=1S/C22H16F7N3O/c23-17-6-2-1-4-14(17)12-31-20(33)32-18(13-7-9-15(10-8-13)21(24,25)26)19-16(22(27,28)29)5-3-11-30-19/h1-11,18H,12H2,(H2,31,32,33)/t18-/m0/s1. The van der Waals surface area contributed by atoms with Crippen LogP contribution in [-0.4, -0.2) is 11.0 Å². The zero-order valence-corrected chi connectivity index (χ0v) is 16.6. The summed E-state index contributed by atoms with van der Waals surface area (Å²) in [6.07, 6.45) is -8.42. The summed E-state index contributed by atoms with van der Waals surface area (Å²) < 4.78 is 93.1. The molecule has 1 aromatic heterocycles. The minimum absolute atomic E-state index is 0.0618. The quantitative estimate of drug-likeness (QED) is 0.459. The number of carbonyl (C=O) groups is 1. The van der Waals surface area contributed by atoms with Gasteiger partial charge in [0.2, 0.25) is 0 Å². The summed E-state index contributed by atoms with van der Waals surface area (Å²) >= 11 is 0. The van der Waals surface area contributed by atoms with Crippen molar-refractivity contribution >= 4 is 6.03 Å². The molecule has 0 aliphatic heterocycles. The van der Waals surface area contributed by atoms with Gasteiger partial charge < -0.3 is 10.6 Å². The second-order valence-corrected chi connectivity index (χ2v) is 6.91. The summed E-state index contributed by atoms with van der Waals surface area (Å²) in [7, 11) is 0. The van der Waals surface area contributed by atoms with Crippen LogP contribution in [0.25, 0.3) is 0 Å². The highest BCUT2D eigenvalue weighted by Gasteiger charge is 2.37. The molecule has 2 amide bonds. The monoisotopic (exact) mass is 471 g/mol. The number of hydrogen-bond donors (Lipinski definition) is 2. The second kappa shape index (κ2) is 9.47. The fourth-order valence-corrected chi connectivity index (χ4v) is 3.06. The Balaban J connectivity index is 1.93. The van der Waals surface area contributed by atoms with Crippen LogP contribution in [0.15, 0.2) is 66.9 Å². The number of urea groups is 1. The summed E-state index contributed by atoms with van der Waals surface area (Å²) in [5.41, 5.74) is -2.71. The molecule has 0 saturated heterocycles. The van der Waals surface area contributed by atoms with E-state index < -0.39 is 47.1 Å². The largest absolute Gasteiger partial charge is 0.418 e. The Labute approximate surface area is 183 Å². The van der Waals surface area contributed by atoms with Gasteiger partial charge in [0, 0.05) is 18.3 Å². The van der Waals surface area contributed by atoms with Gasteiger partial charge in [0.1, 0.15) is 5.82 Å². The Hall–Kier alpha value is -3.63. The molecule has 33 heavy (non-hydrogen) atoms. The van der Waals surface area contributed by atoms with E-state index in [1.54, 1.807) is 0 Å². The molecule has 0 spiro atoms. The maximum atomic E-state index is 13.8. The van der Waals surface area contributed by atoms with Gasteiger partial charge in [0.05, 0.1) is 22.9 Å². The maximum absolute atomic E-state index is 13.8. The molecular weight excluding hydrogens is 455 g/mol. The van der Waals surface area contributed by atoms with Gasteiger partial charge in [-0.1, -0.05) is 30.3 Å². The van der Waals surface area contributed by atoms with E-state index in [2.05, 4.69) is 15.6 Å². The van der Waals surface area contributed by atoms with Crippen LogP contribution in [0.5, 0.6) is 0 Å². The van der Waals surface area contributed by atoms with E-state index in [4.69, 9.17) is 0 Å². The Morgan fingerprint density at radius 3 is 2.15 bits per heavy atom.